The number of nitrogen functional groups attached to an aromatic ring is 1. The summed E-state index contributed by atoms with van der Waals surface area (Å²) in [6.07, 6.45) is 2.34. The molecule has 0 bridgehead atoms. The molecule has 1 rings (SSSR count). The van der Waals surface area contributed by atoms with Crippen LogP contribution in [-0.4, -0.2) is 23.3 Å². The third kappa shape index (κ3) is 2.63. The van der Waals surface area contributed by atoms with Gasteiger partial charge in [-0.25, -0.2) is 4.79 Å². The first-order valence-electron chi connectivity index (χ1n) is 4.12. The van der Waals surface area contributed by atoms with E-state index in [1.165, 1.54) is 25.3 Å². The number of carboxylic acids is 1. The minimum atomic E-state index is -1.05. The van der Waals surface area contributed by atoms with Crippen LogP contribution in [-0.2, 0) is 4.79 Å². The van der Waals surface area contributed by atoms with Crippen molar-refractivity contribution in [3.63, 3.8) is 0 Å². The zero-order valence-corrected chi connectivity index (χ0v) is 8.10. The summed E-state index contributed by atoms with van der Waals surface area (Å²) < 4.78 is 4.86. The van der Waals surface area contributed by atoms with Crippen LogP contribution >= 0.6 is 0 Å². The third-order valence-electron chi connectivity index (χ3n) is 1.77. The number of carboxylic acid groups (broad SMARTS) is 1. The number of methoxy groups -OCH3 is 1. The standard InChI is InChI=1S/C10H11NO4/c1-15-8-5-6(2-3-9(12)13)4-7(11)10(8)14/h2-5,14H,11H2,1H3,(H,12,13). The Morgan fingerprint density at radius 2 is 2.20 bits per heavy atom. The lowest BCUT2D eigenvalue weighted by Gasteiger charge is -2.06. The molecular formula is C10H11NO4. The van der Waals surface area contributed by atoms with E-state index in [0.717, 1.165) is 6.08 Å². The number of carbonyl (C=O) groups is 1. The quantitative estimate of drug-likeness (QED) is 0.393. The van der Waals surface area contributed by atoms with Gasteiger partial charge in [-0.3, -0.25) is 0 Å². The molecule has 80 valence electrons. The van der Waals surface area contributed by atoms with Crippen molar-refractivity contribution in [2.45, 2.75) is 0 Å². The van der Waals surface area contributed by atoms with Crippen LogP contribution in [0.2, 0.25) is 0 Å². The molecule has 0 atom stereocenters. The average Bonchev–Trinajstić information content (AvgIpc) is 2.19. The maximum absolute atomic E-state index is 10.3. The molecule has 5 nitrogen and oxygen atoms in total. The predicted octanol–water partition coefficient (Wildman–Crippen LogP) is 1.08. The molecule has 0 amide bonds. The number of rotatable bonds is 3. The lowest BCUT2D eigenvalue weighted by Crippen LogP contribution is -1.92. The summed E-state index contributed by atoms with van der Waals surface area (Å²) in [6, 6.07) is 2.95. The maximum atomic E-state index is 10.3. The van der Waals surface area contributed by atoms with Gasteiger partial charge in [-0.1, -0.05) is 0 Å². The van der Waals surface area contributed by atoms with Gasteiger partial charge in [0.25, 0.3) is 0 Å². The van der Waals surface area contributed by atoms with Crippen molar-refractivity contribution in [1.82, 2.24) is 0 Å². The second kappa shape index (κ2) is 4.36. The summed E-state index contributed by atoms with van der Waals surface area (Å²) in [5, 5.41) is 17.8. The van der Waals surface area contributed by atoms with E-state index in [1.54, 1.807) is 0 Å². The fourth-order valence-electron chi connectivity index (χ4n) is 1.07. The molecule has 4 N–H and O–H groups in total. The molecule has 0 spiro atoms. The fraction of sp³-hybridized carbons (Fsp3) is 0.100. The lowest BCUT2D eigenvalue weighted by atomic mass is 10.1. The van der Waals surface area contributed by atoms with Gasteiger partial charge in [-0.2, -0.15) is 0 Å². The van der Waals surface area contributed by atoms with Gasteiger partial charge in [0.15, 0.2) is 11.5 Å². The van der Waals surface area contributed by atoms with Gasteiger partial charge in [0.2, 0.25) is 0 Å². The highest BCUT2D eigenvalue weighted by Crippen LogP contribution is 2.33. The minimum absolute atomic E-state index is 0.138. The van der Waals surface area contributed by atoms with Crippen LogP contribution in [0, 0.1) is 0 Å². The Morgan fingerprint density at radius 1 is 1.53 bits per heavy atom. The molecule has 1 aromatic rings. The summed E-state index contributed by atoms with van der Waals surface area (Å²) in [5.41, 5.74) is 6.18. The number of phenols is 1. The van der Waals surface area contributed by atoms with Crippen molar-refractivity contribution in [2.75, 3.05) is 12.8 Å². The van der Waals surface area contributed by atoms with Gasteiger partial charge in [0.1, 0.15) is 0 Å². The Balaban J connectivity index is 3.11. The number of aliphatic carboxylic acids is 1. The summed E-state index contributed by atoms with van der Waals surface area (Å²) in [4.78, 5) is 10.3. The van der Waals surface area contributed by atoms with Gasteiger partial charge in [0, 0.05) is 6.08 Å². The van der Waals surface area contributed by atoms with Crippen molar-refractivity contribution in [1.29, 1.82) is 0 Å². The van der Waals surface area contributed by atoms with Crippen molar-refractivity contribution in [3.05, 3.63) is 23.8 Å². The molecule has 1 aromatic carbocycles. The van der Waals surface area contributed by atoms with E-state index in [9.17, 15) is 9.90 Å². The molecule has 0 fully saturated rings. The maximum Gasteiger partial charge on any atom is 0.328 e. The molecule has 0 radical (unpaired) electrons. The van der Waals surface area contributed by atoms with Crippen molar-refractivity contribution >= 4 is 17.7 Å². The normalized spacial score (nSPS) is 10.5. The molecule has 5 heteroatoms. The molecule has 0 heterocycles. The molecule has 15 heavy (non-hydrogen) atoms. The average molecular weight is 209 g/mol. The molecule has 0 saturated carbocycles. The molecule has 0 aliphatic heterocycles. The second-order valence-electron chi connectivity index (χ2n) is 2.83. The first-order valence-corrected chi connectivity index (χ1v) is 4.12. The van der Waals surface area contributed by atoms with Crippen LogP contribution in [0.15, 0.2) is 18.2 Å². The Labute approximate surface area is 86.4 Å². The summed E-state index contributed by atoms with van der Waals surface area (Å²) in [5.74, 6) is -0.995. The van der Waals surface area contributed by atoms with E-state index in [4.69, 9.17) is 15.6 Å². The summed E-state index contributed by atoms with van der Waals surface area (Å²) in [6.45, 7) is 0. The van der Waals surface area contributed by atoms with Crippen molar-refractivity contribution < 1.29 is 19.7 Å². The van der Waals surface area contributed by atoms with Gasteiger partial charge in [-0.05, 0) is 23.8 Å². The molecule has 0 aliphatic rings. The highest BCUT2D eigenvalue weighted by molar-refractivity contribution is 5.85. The number of anilines is 1. The Kier molecular flexibility index (Phi) is 3.17. The van der Waals surface area contributed by atoms with Crippen molar-refractivity contribution in [2.24, 2.45) is 0 Å². The molecule has 0 aliphatic carbocycles. The first kappa shape index (κ1) is 10.9. The van der Waals surface area contributed by atoms with Gasteiger partial charge < -0.3 is 20.7 Å². The monoisotopic (exact) mass is 209 g/mol. The lowest BCUT2D eigenvalue weighted by molar-refractivity contribution is -0.131. The SMILES string of the molecule is COc1cc(C=CC(=O)O)cc(N)c1O. The Bertz CT molecular complexity index is 412. The van der Waals surface area contributed by atoms with E-state index in [2.05, 4.69) is 0 Å². The third-order valence-corrected chi connectivity index (χ3v) is 1.77. The highest BCUT2D eigenvalue weighted by atomic mass is 16.5. The number of phenolic OH excluding ortho intramolecular Hbond substituents is 1. The Morgan fingerprint density at radius 3 is 2.73 bits per heavy atom. The number of hydrogen-bond acceptors (Lipinski definition) is 4. The van der Waals surface area contributed by atoms with E-state index < -0.39 is 5.97 Å². The fourth-order valence-corrected chi connectivity index (χ4v) is 1.07. The smallest absolute Gasteiger partial charge is 0.328 e. The number of benzene rings is 1. The van der Waals surface area contributed by atoms with Crippen LogP contribution in [0.3, 0.4) is 0 Å². The Hall–Kier alpha value is -2.17. The van der Waals surface area contributed by atoms with Crippen molar-refractivity contribution in [3.8, 4) is 11.5 Å². The van der Waals surface area contributed by atoms with Gasteiger partial charge >= 0.3 is 5.97 Å². The van der Waals surface area contributed by atoms with E-state index in [0.29, 0.717) is 5.56 Å². The molecular weight excluding hydrogens is 198 g/mol. The van der Waals surface area contributed by atoms with Crippen LogP contribution in [0.25, 0.3) is 6.08 Å². The topological polar surface area (TPSA) is 92.8 Å². The highest BCUT2D eigenvalue weighted by Gasteiger charge is 2.06. The zero-order valence-electron chi connectivity index (χ0n) is 8.10. The van der Waals surface area contributed by atoms with Crippen LogP contribution in [0.1, 0.15) is 5.56 Å². The first-order chi connectivity index (χ1) is 7.04. The molecule has 0 unspecified atom stereocenters. The largest absolute Gasteiger partial charge is 0.503 e. The summed E-state index contributed by atoms with van der Waals surface area (Å²) >= 11 is 0. The number of nitrogens with two attached hydrogens (primary N) is 1. The zero-order chi connectivity index (χ0) is 11.4. The summed E-state index contributed by atoms with van der Waals surface area (Å²) in [7, 11) is 1.39. The minimum Gasteiger partial charge on any atom is -0.503 e. The number of hydrogen-bond donors (Lipinski definition) is 3. The van der Waals surface area contributed by atoms with E-state index in [1.807, 2.05) is 0 Å². The number of aromatic hydroxyl groups is 1. The second-order valence-corrected chi connectivity index (χ2v) is 2.83. The van der Waals surface area contributed by atoms with E-state index >= 15 is 0 Å². The predicted molar refractivity (Wildman–Crippen MR) is 55.7 cm³/mol. The van der Waals surface area contributed by atoms with Gasteiger partial charge in [-0.15, -0.1) is 0 Å². The molecule has 0 aromatic heterocycles. The van der Waals surface area contributed by atoms with Crippen LogP contribution < -0.4 is 10.5 Å². The number of ether oxygens (including phenoxy) is 1. The molecule has 0 saturated heterocycles. The van der Waals surface area contributed by atoms with Crippen LogP contribution in [0.5, 0.6) is 11.5 Å². The van der Waals surface area contributed by atoms with Crippen LogP contribution in [0.4, 0.5) is 5.69 Å². The van der Waals surface area contributed by atoms with E-state index in [-0.39, 0.29) is 17.2 Å². The van der Waals surface area contributed by atoms with Gasteiger partial charge in [0.05, 0.1) is 12.8 Å².